The Balaban J connectivity index is 1.08. The summed E-state index contributed by atoms with van der Waals surface area (Å²) in [5.74, 6) is 1.75. The number of ether oxygens (including phenoxy) is 3. The van der Waals surface area contributed by atoms with Gasteiger partial charge in [-0.2, -0.15) is 0 Å². The van der Waals surface area contributed by atoms with Crippen molar-refractivity contribution in [1.29, 1.82) is 0 Å². The van der Waals surface area contributed by atoms with Crippen LogP contribution in [0.2, 0.25) is 0 Å². The number of methoxy groups -OCH3 is 2. The highest BCUT2D eigenvalue weighted by Gasteiger charge is 2.40. The second-order valence-corrected chi connectivity index (χ2v) is 18.6. The van der Waals surface area contributed by atoms with Gasteiger partial charge in [0.25, 0.3) is 0 Å². The van der Waals surface area contributed by atoms with E-state index >= 15 is 0 Å². The van der Waals surface area contributed by atoms with E-state index in [1.807, 2.05) is 63.5 Å². The van der Waals surface area contributed by atoms with Crippen molar-refractivity contribution in [2.75, 3.05) is 32.2 Å². The number of amides is 4. The summed E-state index contributed by atoms with van der Waals surface area (Å²) < 4.78 is 15.7. The van der Waals surface area contributed by atoms with Gasteiger partial charge < -0.3 is 49.5 Å². The normalized spacial score (nSPS) is 20.9. The monoisotopic (exact) mass is 889 g/mol. The maximum Gasteiger partial charge on any atom is 0.407 e. The molecule has 346 valence electrons. The van der Waals surface area contributed by atoms with Gasteiger partial charge in [0.2, 0.25) is 11.8 Å². The minimum absolute atomic E-state index is 0.0346. The summed E-state index contributed by atoms with van der Waals surface area (Å²) >= 11 is 0. The molecular formula is C49H63N9O7. The van der Waals surface area contributed by atoms with Crippen LogP contribution in [0.15, 0.2) is 60.7 Å². The van der Waals surface area contributed by atoms with E-state index in [2.05, 4.69) is 74.0 Å². The Bertz CT molecular complexity index is 2370. The number of anilines is 1. The van der Waals surface area contributed by atoms with Crippen LogP contribution in [0.5, 0.6) is 5.75 Å². The van der Waals surface area contributed by atoms with E-state index < -0.39 is 24.3 Å². The molecule has 6 unspecified atom stereocenters. The summed E-state index contributed by atoms with van der Waals surface area (Å²) in [6.45, 7) is 12.9. The van der Waals surface area contributed by atoms with Gasteiger partial charge in [0.15, 0.2) is 0 Å². The Morgan fingerprint density at radius 1 is 0.615 bits per heavy atom. The number of likely N-dealkylation sites (tertiary alicyclic amines) is 2. The average molecular weight is 890 g/mol. The molecule has 0 radical (unpaired) electrons. The highest BCUT2D eigenvalue weighted by Crippen LogP contribution is 2.48. The van der Waals surface area contributed by atoms with Crippen molar-refractivity contribution in [3.8, 4) is 5.75 Å². The molecule has 65 heavy (non-hydrogen) atoms. The second-order valence-electron chi connectivity index (χ2n) is 18.6. The first-order valence-corrected chi connectivity index (χ1v) is 23.1. The van der Waals surface area contributed by atoms with Gasteiger partial charge >= 0.3 is 12.2 Å². The van der Waals surface area contributed by atoms with Crippen molar-refractivity contribution >= 4 is 51.8 Å². The Morgan fingerprint density at radius 2 is 1.06 bits per heavy atom. The summed E-state index contributed by atoms with van der Waals surface area (Å²) in [7, 11) is 2.60. The number of imidazole rings is 2. The van der Waals surface area contributed by atoms with Gasteiger partial charge in [-0.25, -0.2) is 19.6 Å². The molecule has 3 saturated heterocycles. The number of carbonyl (C=O) groups excluding carboxylic acids is 4. The summed E-state index contributed by atoms with van der Waals surface area (Å²) in [6.07, 6.45) is 3.80. The smallest absolute Gasteiger partial charge is 0.407 e. The summed E-state index contributed by atoms with van der Waals surface area (Å²) in [5.41, 5.74) is 6.84. The Morgan fingerprint density at radius 3 is 1.46 bits per heavy atom. The maximum absolute atomic E-state index is 13.9. The van der Waals surface area contributed by atoms with E-state index in [-0.39, 0.29) is 53.9 Å². The minimum Gasteiger partial charge on any atom is -0.491 e. The van der Waals surface area contributed by atoms with Crippen LogP contribution in [0.25, 0.3) is 22.1 Å². The van der Waals surface area contributed by atoms with Gasteiger partial charge in [0.05, 0.1) is 66.6 Å². The number of aromatic nitrogens is 4. The fourth-order valence-electron chi connectivity index (χ4n) is 10.0. The van der Waals surface area contributed by atoms with Crippen LogP contribution in [0.4, 0.5) is 15.3 Å². The SMILES string of the molecule is COC(=O)NC(C(=O)N1CCCC1c1nc2ccc(C3CCC(c4ccc5nc(C6CCCN6C(=O)C(NC(=O)OC)C(C)C)[nH]c5c4)N3c3ccc(OC(C)C)cc3)cc2[nH]1)C(C)C. The molecule has 4 amide bonds. The number of carbonyl (C=O) groups is 4. The van der Waals surface area contributed by atoms with Crippen molar-refractivity contribution in [2.45, 2.75) is 122 Å². The first-order chi connectivity index (χ1) is 31.2. The molecule has 5 aromatic rings. The third-order valence-corrected chi connectivity index (χ3v) is 13.2. The molecule has 3 aromatic carbocycles. The van der Waals surface area contributed by atoms with E-state index in [1.54, 1.807) is 0 Å². The lowest BCUT2D eigenvalue weighted by Gasteiger charge is -2.33. The Labute approximate surface area is 380 Å². The van der Waals surface area contributed by atoms with Gasteiger partial charge in [0.1, 0.15) is 29.5 Å². The van der Waals surface area contributed by atoms with E-state index in [4.69, 9.17) is 24.2 Å². The average Bonchev–Trinajstić information content (AvgIpc) is 4.15. The number of benzene rings is 3. The van der Waals surface area contributed by atoms with E-state index in [0.29, 0.717) is 13.1 Å². The standard InChI is InChI=1S/C49H63N9O7/c1-27(2)42(54-48(61)63-7)46(59)56-23-9-11-40(56)44-50-34-19-13-30(25-36(34)52-44)38-21-22-39(58(38)32-15-17-33(18-16-32)65-29(5)6)31-14-20-35-37(26-31)53-45(51-35)41-12-10-24-57(41)47(60)43(28(3)4)55-49(62)64-8/h13-20,25-29,38-43H,9-12,21-24H2,1-8H3,(H,50,52)(H,51,53)(H,54,61)(H,55,62). The predicted molar refractivity (Wildman–Crippen MR) is 247 cm³/mol. The number of aromatic amines is 2. The topological polar surface area (TPSA) is 187 Å². The third kappa shape index (κ3) is 9.30. The number of nitrogens with one attached hydrogen (secondary N) is 4. The van der Waals surface area contributed by atoms with Crippen molar-refractivity contribution in [3.63, 3.8) is 0 Å². The molecule has 2 aromatic heterocycles. The summed E-state index contributed by atoms with van der Waals surface area (Å²) in [5, 5.41) is 5.47. The van der Waals surface area contributed by atoms with Gasteiger partial charge in [-0.05, 0) is 124 Å². The van der Waals surface area contributed by atoms with Crippen LogP contribution in [-0.2, 0) is 19.1 Å². The number of H-pyrrole nitrogens is 2. The zero-order chi connectivity index (χ0) is 46.1. The molecule has 0 bridgehead atoms. The first kappa shape index (κ1) is 45.3. The van der Waals surface area contributed by atoms with Crippen LogP contribution < -0.4 is 20.3 Å². The molecule has 0 spiro atoms. The van der Waals surface area contributed by atoms with Gasteiger partial charge in [-0.15, -0.1) is 0 Å². The van der Waals surface area contributed by atoms with Gasteiger partial charge in [-0.1, -0.05) is 39.8 Å². The first-order valence-electron chi connectivity index (χ1n) is 23.1. The number of fused-ring (bicyclic) bond motifs is 2. The van der Waals surface area contributed by atoms with E-state index in [0.717, 1.165) is 94.8 Å². The van der Waals surface area contributed by atoms with Crippen LogP contribution in [0, 0.1) is 11.8 Å². The van der Waals surface area contributed by atoms with E-state index in [9.17, 15) is 19.2 Å². The number of hydrogen-bond acceptors (Lipinski definition) is 10. The van der Waals surface area contributed by atoms with Crippen molar-refractivity contribution in [2.24, 2.45) is 11.8 Å². The fourth-order valence-corrected chi connectivity index (χ4v) is 10.0. The van der Waals surface area contributed by atoms with Crippen LogP contribution >= 0.6 is 0 Å². The molecule has 3 aliphatic rings. The fraction of sp³-hybridized carbons (Fsp3) is 0.510. The van der Waals surface area contributed by atoms with Crippen LogP contribution in [0.3, 0.4) is 0 Å². The number of hydrogen-bond donors (Lipinski definition) is 4. The summed E-state index contributed by atoms with van der Waals surface area (Å²) in [6, 6.07) is 19.4. The molecule has 0 saturated carbocycles. The quantitative estimate of drug-likeness (QED) is 0.0895. The highest BCUT2D eigenvalue weighted by atomic mass is 16.5. The van der Waals surface area contributed by atoms with Crippen molar-refractivity contribution < 1.29 is 33.4 Å². The molecule has 3 fully saturated rings. The zero-order valence-corrected chi connectivity index (χ0v) is 38.7. The predicted octanol–water partition coefficient (Wildman–Crippen LogP) is 8.40. The summed E-state index contributed by atoms with van der Waals surface area (Å²) in [4.78, 5) is 75.5. The lowest BCUT2D eigenvalue weighted by Crippen LogP contribution is -2.51. The van der Waals surface area contributed by atoms with Crippen molar-refractivity contribution in [1.82, 2.24) is 40.4 Å². The molecule has 4 N–H and O–H groups in total. The molecule has 5 heterocycles. The molecule has 16 heteroatoms. The Kier molecular flexibility index (Phi) is 13.2. The molecule has 3 aliphatic heterocycles. The highest BCUT2D eigenvalue weighted by molar-refractivity contribution is 5.87. The second kappa shape index (κ2) is 19.0. The van der Waals surface area contributed by atoms with Crippen LogP contribution in [0.1, 0.15) is 127 Å². The minimum atomic E-state index is -0.712. The molecule has 8 rings (SSSR count). The molecule has 0 aliphatic carbocycles. The molecule has 16 nitrogen and oxygen atoms in total. The number of alkyl carbamates (subject to hydrolysis) is 2. The number of rotatable bonds is 13. The molecular weight excluding hydrogens is 827 g/mol. The lowest BCUT2D eigenvalue weighted by molar-refractivity contribution is -0.136. The number of nitrogens with zero attached hydrogens (tertiary/aromatic N) is 5. The third-order valence-electron chi connectivity index (χ3n) is 13.2. The lowest BCUT2D eigenvalue weighted by atomic mass is 10.0. The van der Waals surface area contributed by atoms with Crippen LogP contribution in [-0.4, -0.2) is 99.2 Å². The van der Waals surface area contributed by atoms with Crippen molar-refractivity contribution in [3.05, 3.63) is 83.4 Å². The molecule has 6 atom stereocenters. The maximum atomic E-state index is 13.9. The zero-order valence-electron chi connectivity index (χ0n) is 38.7. The Hall–Kier alpha value is -6.32. The van der Waals surface area contributed by atoms with Gasteiger partial charge in [-0.3, -0.25) is 9.59 Å². The van der Waals surface area contributed by atoms with E-state index in [1.165, 1.54) is 14.2 Å². The van der Waals surface area contributed by atoms with Gasteiger partial charge in [0, 0.05) is 18.8 Å². The largest absolute Gasteiger partial charge is 0.491 e.